The lowest BCUT2D eigenvalue weighted by atomic mass is 10.1. The van der Waals surface area contributed by atoms with E-state index in [-0.39, 0.29) is 12.1 Å². The van der Waals surface area contributed by atoms with Crippen LogP contribution in [0.1, 0.15) is 29.8 Å². The number of amides is 1. The summed E-state index contributed by atoms with van der Waals surface area (Å²) in [5.74, 6) is 0.0416. The van der Waals surface area contributed by atoms with Crippen molar-refractivity contribution in [3.8, 4) is 0 Å². The molecule has 0 aliphatic heterocycles. The van der Waals surface area contributed by atoms with Gasteiger partial charge in [0.25, 0.3) is 5.91 Å². The lowest BCUT2D eigenvalue weighted by Gasteiger charge is -2.17. The Balaban J connectivity index is 1.69. The number of rotatable bonds is 8. The van der Waals surface area contributed by atoms with Crippen LogP contribution in [0.5, 0.6) is 0 Å². The van der Waals surface area contributed by atoms with E-state index in [4.69, 9.17) is 20.6 Å². The van der Waals surface area contributed by atoms with E-state index in [1.54, 1.807) is 56.4 Å². The molecule has 0 aliphatic rings. The summed E-state index contributed by atoms with van der Waals surface area (Å²) >= 11 is 5.84. The van der Waals surface area contributed by atoms with Gasteiger partial charge >= 0.3 is 7.60 Å². The van der Waals surface area contributed by atoms with Crippen LogP contribution in [-0.4, -0.2) is 33.7 Å². The highest BCUT2D eigenvalue weighted by Gasteiger charge is 2.24. The molecule has 0 saturated heterocycles. The molecular formula is C18H20ClN4O4P. The highest BCUT2D eigenvalue weighted by molar-refractivity contribution is 7.53. The molecule has 3 aromatic rings. The molecular weight excluding hydrogens is 403 g/mol. The summed E-state index contributed by atoms with van der Waals surface area (Å²) in [6.07, 6.45) is 1.73. The van der Waals surface area contributed by atoms with Crippen LogP contribution in [0.4, 0.5) is 5.82 Å². The number of imidazole rings is 1. The van der Waals surface area contributed by atoms with Crippen LogP contribution in [-0.2, 0) is 19.8 Å². The molecule has 0 spiro atoms. The minimum absolute atomic E-state index is 0.148. The van der Waals surface area contributed by atoms with Gasteiger partial charge in [-0.15, -0.1) is 0 Å². The van der Waals surface area contributed by atoms with Gasteiger partial charge in [-0.05, 0) is 43.7 Å². The lowest BCUT2D eigenvalue weighted by molar-refractivity contribution is 0.102. The normalized spacial score (nSPS) is 11.7. The van der Waals surface area contributed by atoms with Crippen LogP contribution in [0.3, 0.4) is 0 Å². The number of fused-ring (bicyclic) bond motifs is 1. The van der Waals surface area contributed by atoms with Crippen molar-refractivity contribution < 1.29 is 18.4 Å². The van der Waals surface area contributed by atoms with Gasteiger partial charge in [0.2, 0.25) is 0 Å². The zero-order chi connectivity index (χ0) is 20.1. The average molecular weight is 423 g/mol. The van der Waals surface area contributed by atoms with Crippen LogP contribution in [0.25, 0.3) is 5.65 Å². The number of nitrogens with one attached hydrogen (secondary N) is 1. The van der Waals surface area contributed by atoms with Gasteiger partial charge < -0.3 is 14.4 Å². The summed E-state index contributed by atoms with van der Waals surface area (Å²) in [4.78, 5) is 16.7. The molecule has 3 rings (SSSR count). The van der Waals surface area contributed by atoms with Crippen LogP contribution in [0.15, 0.2) is 42.6 Å². The largest absolute Gasteiger partial charge is 0.335 e. The van der Waals surface area contributed by atoms with E-state index in [2.05, 4.69) is 15.4 Å². The fraction of sp³-hybridized carbons (Fsp3) is 0.278. The summed E-state index contributed by atoms with van der Waals surface area (Å²) in [6, 6.07) is 10.1. The molecule has 0 aliphatic carbocycles. The fourth-order valence-electron chi connectivity index (χ4n) is 2.61. The van der Waals surface area contributed by atoms with E-state index >= 15 is 0 Å². The van der Waals surface area contributed by atoms with Crippen LogP contribution in [0.2, 0.25) is 5.15 Å². The quantitative estimate of drug-likeness (QED) is 0.540. The number of carbonyl (C=O) groups excluding carboxylic acids is 1. The topological polar surface area (TPSA) is 94.8 Å². The first-order valence-corrected chi connectivity index (χ1v) is 10.8. The predicted octanol–water partition coefficient (Wildman–Crippen LogP) is 4.40. The Labute approximate surface area is 167 Å². The Kier molecular flexibility index (Phi) is 6.46. The number of hydrogen-bond acceptors (Lipinski definition) is 6. The first-order chi connectivity index (χ1) is 13.4. The highest BCUT2D eigenvalue weighted by atomic mass is 35.5. The Hall–Kier alpha value is -2.25. The second-order valence-electron chi connectivity index (χ2n) is 5.84. The molecule has 0 bridgehead atoms. The zero-order valence-electron chi connectivity index (χ0n) is 15.5. The number of nitrogens with zero attached hydrogens (tertiary/aromatic N) is 3. The Morgan fingerprint density at radius 3 is 2.46 bits per heavy atom. The SMILES string of the molecule is CCOP(=O)(Cc1ccc(C(=O)Nc2cn3nc(Cl)ccc3n2)cc1)OCC. The minimum Gasteiger partial charge on any atom is -0.309 e. The number of carbonyl (C=O) groups is 1. The maximum absolute atomic E-state index is 12.6. The number of anilines is 1. The predicted molar refractivity (Wildman–Crippen MR) is 107 cm³/mol. The van der Waals surface area contributed by atoms with Gasteiger partial charge in [-0.3, -0.25) is 9.36 Å². The van der Waals surface area contributed by atoms with Crippen molar-refractivity contribution in [2.24, 2.45) is 0 Å². The van der Waals surface area contributed by atoms with Gasteiger partial charge in [-0.1, -0.05) is 23.7 Å². The summed E-state index contributed by atoms with van der Waals surface area (Å²) in [5.41, 5.74) is 1.76. The second kappa shape index (κ2) is 8.84. The van der Waals surface area contributed by atoms with Crippen LogP contribution in [0, 0.1) is 0 Å². The zero-order valence-corrected chi connectivity index (χ0v) is 17.1. The number of halogens is 1. The minimum atomic E-state index is -3.19. The first-order valence-electron chi connectivity index (χ1n) is 8.73. The van der Waals surface area contributed by atoms with Crippen molar-refractivity contribution in [3.63, 3.8) is 0 Å². The van der Waals surface area contributed by atoms with E-state index in [9.17, 15) is 9.36 Å². The molecule has 28 heavy (non-hydrogen) atoms. The van der Waals surface area contributed by atoms with Gasteiger partial charge in [-0.25, -0.2) is 9.50 Å². The summed E-state index contributed by atoms with van der Waals surface area (Å²) in [6.45, 7) is 4.14. The molecule has 148 valence electrons. The third-order valence-electron chi connectivity index (χ3n) is 3.77. The van der Waals surface area contributed by atoms with E-state index in [1.807, 2.05) is 0 Å². The number of aromatic nitrogens is 3. The molecule has 0 saturated carbocycles. The molecule has 0 atom stereocenters. The standard InChI is InChI=1S/C18H20ClN4O4P/c1-3-26-28(25,27-4-2)12-13-5-7-14(8-6-13)18(24)21-16-11-23-17(20-16)10-9-15(19)22-23/h5-11H,3-4,12H2,1-2H3,(H,21,24). The Morgan fingerprint density at radius 2 is 1.82 bits per heavy atom. The number of benzene rings is 1. The molecule has 8 nitrogen and oxygen atoms in total. The van der Waals surface area contributed by atoms with Crippen molar-refractivity contribution >= 4 is 36.6 Å². The summed E-state index contributed by atoms with van der Waals surface area (Å²) in [5, 5.41) is 7.12. The van der Waals surface area contributed by atoms with Crippen molar-refractivity contribution in [1.82, 2.24) is 14.6 Å². The molecule has 0 fully saturated rings. The maximum Gasteiger partial charge on any atom is 0.335 e. The number of hydrogen-bond donors (Lipinski definition) is 1. The Morgan fingerprint density at radius 1 is 1.14 bits per heavy atom. The van der Waals surface area contributed by atoms with E-state index in [0.29, 0.717) is 35.4 Å². The molecule has 0 radical (unpaired) electrons. The van der Waals surface area contributed by atoms with Crippen molar-refractivity contribution in [1.29, 1.82) is 0 Å². The van der Waals surface area contributed by atoms with Crippen molar-refractivity contribution in [2.45, 2.75) is 20.0 Å². The second-order valence-corrected chi connectivity index (χ2v) is 8.28. The van der Waals surface area contributed by atoms with Gasteiger partial charge in [0.05, 0.1) is 25.6 Å². The van der Waals surface area contributed by atoms with E-state index in [1.165, 1.54) is 4.52 Å². The van der Waals surface area contributed by atoms with Gasteiger partial charge in [0.1, 0.15) is 5.15 Å². The van der Waals surface area contributed by atoms with E-state index < -0.39 is 7.60 Å². The third kappa shape index (κ3) is 4.97. The molecule has 1 aromatic carbocycles. The molecule has 1 N–H and O–H groups in total. The van der Waals surface area contributed by atoms with Crippen molar-refractivity contribution in [3.05, 3.63) is 58.9 Å². The van der Waals surface area contributed by atoms with Gasteiger partial charge in [0.15, 0.2) is 11.5 Å². The van der Waals surface area contributed by atoms with Crippen LogP contribution < -0.4 is 5.32 Å². The molecule has 0 unspecified atom stereocenters. The molecule has 1 amide bonds. The summed E-state index contributed by atoms with van der Waals surface area (Å²) in [7, 11) is -3.19. The lowest BCUT2D eigenvalue weighted by Crippen LogP contribution is -2.12. The van der Waals surface area contributed by atoms with Gasteiger partial charge in [-0.2, -0.15) is 5.10 Å². The van der Waals surface area contributed by atoms with E-state index in [0.717, 1.165) is 5.56 Å². The third-order valence-corrected chi connectivity index (χ3v) is 6.03. The maximum atomic E-state index is 12.6. The van der Waals surface area contributed by atoms with Crippen molar-refractivity contribution in [2.75, 3.05) is 18.5 Å². The monoisotopic (exact) mass is 422 g/mol. The molecule has 10 heteroatoms. The summed E-state index contributed by atoms with van der Waals surface area (Å²) < 4.78 is 24.7. The highest BCUT2D eigenvalue weighted by Crippen LogP contribution is 2.51. The average Bonchev–Trinajstić information content (AvgIpc) is 3.03. The fourth-order valence-corrected chi connectivity index (χ4v) is 4.46. The Bertz CT molecular complexity index is 1010. The molecule has 2 heterocycles. The molecule has 2 aromatic heterocycles. The van der Waals surface area contributed by atoms with Crippen LogP contribution >= 0.6 is 19.2 Å². The smallest absolute Gasteiger partial charge is 0.309 e. The first kappa shape index (κ1) is 20.5. The van der Waals surface area contributed by atoms with Gasteiger partial charge in [0, 0.05) is 5.56 Å².